The summed E-state index contributed by atoms with van der Waals surface area (Å²) in [5, 5.41) is 22.4. The summed E-state index contributed by atoms with van der Waals surface area (Å²) in [5.41, 5.74) is 1.93. The average molecular weight is 569 g/mol. The number of para-hydroxylation sites is 2. The van der Waals surface area contributed by atoms with Crippen LogP contribution in [-0.4, -0.2) is 19.3 Å². The van der Waals surface area contributed by atoms with Gasteiger partial charge in [-0.3, -0.25) is 18.7 Å². The summed E-state index contributed by atoms with van der Waals surface area (Å²) < 4.78 is 3.81. The average Bonchev–Trinajstić information content (AvgIpc) is 2.89. The van der Waals surface area contributed by atoms with E-state index >= 15 is 0 Å². The van der Waals surface area contributed by atoms with Crippen molar-refractivity contribution < 1.29 is 10.2 Å². The molecule has 0 spiro atoms. The molecule has 2 N–H and O–H groups in total. The highest BCUT2D eigenvalue weighted by Gasteiger charge is 2.31. The maximum atomic E-state index is 14.1. The monoisotopic (exact) mass is 568 g/mol. The summed E-state index contributed by atoms with van der Waals surface area (Å²) in [6.07, 6.45) is 0. The number of nitrogens with zero attached hydrogens (tertiary/aromatic N) is 2. The molecule has 7 heteroatoms. The predicted octanol–water partition coefficient (Wildman–Crippen LogP) is 5.96. The number of aromatic nitrogens is 2. The summed E-state index contributed by atoms with van der Waals surface area (Å²) >= 11 is 3.44. The highest BCUT2D eigenvalue weighted by atomic mass is 79.9. The zero-order valence-electron chi connectivity index (χ0n) is 20.8. The zero-order valence-corrected chi connectivity index (χ0v) is 22.4. The summed E-state index contributed by atoms with van der Waals surface area (Å²) in [4.78, 5) is 28.2. The van der Waals surface area contributed by atoms with Crippen LogP contribution in [0.3, 0.4) is 0 Å². The van der Waals surface area contributed by atoms with Gasteiger partial charge in [0, 0.05) is 39.4 Å². The maximum Gasteiger partial charge on any atom is 0.263 e. The topological polar surface area (TPSA) is 84.5 Å². The highest BCUT2D eigenvalue weighted by molar-refractivity contribution is 9.10. The molecule has 6 nitrogen and oxygen atoms in total. The number of hydrogen-bond donors (Lipinski definition) is 2. The molecule has 3 aromatic carbocycles. The normalized spacial score (nSPS) is 11.2. The van der Waals surface area contributed by atoms with E-state index in [0.717, 1.165) is 4.47 Å². The van der Waals surface area contributed by atoms with Gasteiger partial charge in [0.25, 0.3) is 11.1 Å². The van der Waals surface area contributed by atoms with Gasteiger partial charge in [0.1, 0.15) is 11.5 Å². The van der Waals surface area contributed by atoms with E-state index in [2.05, 4.69) is 15.9 Å². The van der Waals surface area contributed by atoms with Crippen molar-refractivity contribution in [3.8, 4) is 22.9 Å². The molecule has 38 heavy (non-hydrogen) atoms. The predicted molar refractivity (Wildman–Crippen MR) is 152 cm³/mol. The molecule has 0 radical (unpaired) electrons. The van der Waals surface area contributed by atoms with Crippen molar-refractivity contribution in [1.29, 1.82) is 0 Å². The van der Waals surface area contributed by atoms with Crippen molar-refractivity contribution in [3.63, 3.8) is 0 Å². The lowest BCUT2D eigenvalue weighted by Crippen LogP contribution is -2.31. The number of aryl methyl sites for hydroxylation is 2. The van der Waals surface area contributed by atoms with Crippen LogP contribution in [0, 0.1) is 13.8 Å². The van der Waals surface area contributed by atoms with Crippen LogP contribution in [0.15, 0.2) is 111 Å². The molecule has 5 rings (SSSR count). The van der Waals surface area contributed by atoms with Gasteiger partial charge in [-0.2, -0.15) is 0 Å². The van der Waals surface area contributed by atoms with Crippen LogP contribution in [0.2, 0.25) is 0 Å². The SMILES string of the molecule is Cc1cc(O)c(C(c2ccc(Br)cc2)c2c(O)cc(C)n(-c3ccccc3)c2=O)c(=O)n1-c1ccccc1. The second kappa shape index (κ2) is 10.2. The van der Waals surface area contributed by atoms with Crippen LogP contribution >= 0.6 is 15.9 Å². The van der Waals surface area contributed by atoms with Crippen molar-refractivity contribution in [2.45, 2.75) is 19.8 Å². The van der Waals surface area contributed by atoms with Crippen molar-refractivity contribution >= 4 is 15.9 Å². The lowest BCUT2D eigenvalue weighted by molar-refractivity contribution is 0.453. The molecule has 0 amide bonds. The Kier molecular flexibility index (Phi) is 6.78. The van der Waals surface area contributed by atoms with Gasteiger partial charge < -0.3 is 10.2 Å². The smallest absolute Gasteiger partial charge is 0.263 e. The highest BCUT2D eigenvalue weighted by Crippen LogP contribution is 2.38. The van der Waals surface area contributed by atoms with Crippen LogP contribution in [-0.2, 0) is 0 Å². The number of benzene rings is 3. The summed E-state index contributed by atoms with van der Waals surface area (Å²) in [7, 11) is 0. The molecule has 0 saturated heterocycles. The first kappa shape index (κ1) is 25.3. The Labute approximate surface area is 227 Å². The van der Waals surface area contributed by atoms with E-state index in [9.17, 15) is 19.8 Å². The van der Waals surface area contributed by atoms with Gasteiger partial charge in [0.2, 0.25) is 0 Å². The quantitative estimate of drug-likeness (QED) is 0.274. The van der Waals surface area contributed by atoms with E-state index in [0.29, 0.717) is 28.3 Å². The fourth-order valence-electron chi connectivity index (χ4n) is 4.93. The van der Waals surface area contributed by atoms with Gasteiger partial charge in [-0.1, -0.05) is 64.5 Å². The van der Waals surface area contributed by atoms with Crippen LogP contribution in [0.25, 0.3) is 11.4 Å². The van der Waals surface area contributed by atoms with Crippen LogP contribution in [0.5, 0.6) is 11.5 Å². The van der Waals surface area contributed by atoms with Crippen molar-refractivity contribution in [3.05, 3.63) is 150 Å². The van der Waals surface area contributed by atoms with Crippen molar-refractivity contribution in [2.24, 2.45) is 0 Å². The Morgan fingerprint density at radius 1 is 0.632 bits per heavy atom. The lowest BCUT2D eigenvalue weighted by Gasteiger charge is -2.23. The molecule has 0 fully saturated rings. The van der Waals surface area contributed by atoms with Crippen LogP contribution in [0.4, 0.5) is 0 Å². The molecule has 2 heterocycles. The van der Waals surface area contributed by atoms with Crippen LogP contribution in [0.1, 0.15) is 34.0 Å². The number of rotatable bonds is 5. The zero-order chi connectivity index (χ0) is 27.0. The molecule has 0 aliphatic carbocycles. The second-order valence-corrected chi connectivity index (χ2v) is 10.0. The molecule has 0 atom stereocenters. The van der Waals surface area contributed by atoms with E-state index in [4.69, 9.17) is 0 Å². The van der Waals surface area contributed by atoms with Gasteiger partial charge in [0.05, 0.1) is 17.0 Å². The molecule has 190 valence electrons. The molecule has 0 saturated carbocycles. The number of pyridine rings is 2. The molecule has 0 unspecified atom stereocenters. The second-order valence-electron chi connectivity index (χ2n) is 9.11. The molecule has 0 bridgehead atoms. The molecular weight excluding hydrogens is 544 g/mol. The first-order valence-electron chi connectivity index (χ1n) is 12.0. The standard InChI is InChI=1S/C31H25BrN2O4/c1-19-17-25(35)28(30(37)33(19)23-9-5-3-6-10-23)27(21-13-15-22(32)16-14-21)29-26(36)18-20(2)34(31(29)38)24-11-7-4-8-12-24/h3-18,27,35-36H,1-2H3. The van der Waals surface area contributed by atoms with Gasteiger partial charge in [-0.15, -0.1) is 0 Å². The third kappa shape index (κ3) is 4.46. The minimum Gasteiger partial charge on any atom is -0.507 e. The van der Waals surface area contributed by atoms with Crippen molar-refractivity contribution in [1.82, 2.24) is 9.13 Å². The van der Waals surface area contributed by atoms with Gasteiger partial charge >= 0.3 is 0 Å². The Bertz CT molecular complexity index is 1630. The Balaban J connectivity index is 1.88. The minimum absolute atomic E-state index is 0.00218. The summed E-state index contributed by atoms with van der Waals surface area (Å²) in [5.74, 6) is -1.55. The first-order valence-corrected chi connectivity index (χ1v) is 12.8. The molecule has 5 aromatic rings. The third-order valence-electron chi connectivity index (χ3n) is 6.63. The minimum atomic E-state index is -1.05. The van der Waals surface area contributed by atoms with Crippen LogP contribution < -0.4 is 11.1 Å². The largest absolute Gasteiger partial charge is 0.507 e. The third-order valence-corrected chi connectivity index (χ3v) is 7.15. The maximum absolute atomic E-state index is 14.1. The summed E-state index contributed by atoms with van der Waals surface area (Å²) in [6.45, 7) is 3.47. The van der Waals surface area contributed by atoms with E-state index in [1.54, 1.807) is 62.4 Å². The lowest BCUT2D eigenvalue weighted by atomic mass is 9.84. The molecular formula is C31H25BrN2O4. The Hall–Kier alpha value is -4.36. The van der Waals surface area contributed by atoms with Crippen molar-refractivity contribution in [2.75, 3.05) is 0 Å². The molecule has 2 aromatic heterocycles. The number of halogens is 1. The van der Waals surface area contributed by atoms with Gasteiger partial charge in [-0.05, 0) is 55.8 Å². The fraction of sp³-hybridized carbons (Fsp3) is 0.0968. The van der Waals surface area contributed by atoms with E-state index < -0.39 is 17.0 Å². The van der Waals surface area contributed by atoms with E-state index in [-0.39, 0.29) is 22.6 Å². The van der Waals surface area contributed by atoms with Gasteiger partial charge in [0.15, 0.2) is 0 Å². The fourth-order valence-corrected chi connectivity index (χ4v) is 5.20. The summed E-state index contributed by atoms with van der Waals surface area (Å²) in [6, 6.07) is 28.4. The Morgan fingerprint density at radius 3 is 1.42 bits per heavy atom. The molecule has 0 aliphatic heterocycles. The first-order chi connectivity index (χ1) is 18.3. The van der Waals surface area contributed by atoms with E-state index in [1.807, 2.05) is 36.4 Å². The Morgan fingerprint density at radius 2 is 1.03 bits per heavy atom. The number of aromatic hydroxyl groups is 2. The van der Waals surface area contributed by atoms with E-state index in [1.165, 1.54) is 21.3 Å². The van der Waals surface area contributed by atoms with Gasteiger partial charge in [-0.25, -0.2) is 0 Å². The molecule has 0 aliphatic rings. The number of hydrogen-bond acceptors (Lipinski definition) is 4.